The van der Waals surface area contributed by atoms with Crippen molar-refractivity contribution in [3.8, 4) is 6.07 Å². The first-order valence-corrected chi connectivity index (χ1v) is 8.11. The highest BCUT2D eigenvalue weighted by Crippen LogP contribution is 2.42. The quantitative estimate of drug-likeness (QED) is 0.895. The first-order chi connectivity index (χ1) is 10.9. The Bertz CT molecular complexity index is 636. The van der Waals surface area contributed by atoms with Gasteiger partial charge < -0.3 is 9.64 Å². The number of H-pyrrole nitrogens is 1. The lowest BCUT2D eigenvalue weighted by Crippen LogP contribution is -2.51. The number of aromatic nitrogens is 3. The summed E-state index contributed by atoms with van der Waals surface area (Å²) in [6.07, 6.45) is 1.97. The van der Waals surface area contributed by atoms with Crippen LogP contribution < -0.4 is 0 Å². The molecule has 2 aliphatic rings. The van der Waals surface area contributed by atoms with Crippen molar-refractivity contribution in [2.24, 2.45) is 5.41 Å². The van der Waals surface area contributed by atoms with Crippen molar-refractivity contribution < 1.29 is 9.53 Å². The molecule has 1 saturated heterocycles. The molecular weight excluding hydrogens is 294 g/mol. The molecule has 1 unspecified atom stereocenters. The van der Waals surface area contributed by atoms with E-state index in [9.17, 15) is 10.1 Å². The van der Waals surface area contributed by atoms with E-state index in [1.165, 1.54) is 0 Å². The number of nitrogens with zero attached hydrogens (tertiary/aromatic N) is 4. The zero-order chi connectivity index (χ0) is 16.7. The second-order valence-corrected chi connectivity index (χ2v) is 7.45. The average Bonchev–Trinajstić information content (AvgIpc) is 2.97. The van der Waals surface area contributed by atoms with Crippen molar-refractivity contribution in [3.63, 3.8) is 0 Å². The van der Waals surface area contributed by atoms with Gasteiger partial charge in [0.1, 0.15) is 11.5 Å². The monoisotopic (exact) mass is 317 g/mol. The summed E-state index contributed by atoms with van der Waals surface area (Å²) in [6.45, 7) is 7.53. The van der Waals surface area contributed by atoms with Gasteiger partial charge in [-0.25, -0.2) is 4.98 Å². The number of nitrogens with one attached hydrogen (secondary N) is 1. The number of hydrogen-bond donors (Lipinski definition) is 1. The Morgan fingerprint density at radius 3 is 2.74 bits per heavy atom. The third-order valence-corrected chi connectivity index (χ3v) is 4.66. The Morgan fingerprint density at radius 1 is 1.48 bits per heavy atom. The van der Waals surface area contributed by atoms with E-state index in [1.807, 2.05) is 20.8 Å². The van der Waals surface area contributed by atoms with Gasteiger partial charge in [-0.2, -0.15) is 10.4 Å². The summed E-state index contributed by atoms with van der Waals surface area (Å²) in [5.41, 5.74) is -0.949. The highest BCUT2D eigenvalue weighted by Gasteiger charge is 2.47. The fourth-order valence-corrected chi connectivity index (χ4v) is 2.96. The van der Waals surface area contributed by atoms with Gasteiger partial charge in [-0.1, -0.05) is 20.8 Å². The van der Waals surface area contributed by atoms with E-state index in [0.717, 1.165) is 12.2 Å². The van der Waals surface area contributed by atoms with Gasteiger partial charge in [0.25, 0.3) is 0 Å². The van der Waals surface area contributed by atoms with Gasteiger partial charge in [0.05, 0.1) is 19.2 Å². The summed E-state index contributed by atoms with van der Waals surface area (Å²) in [7, 11) is 0. The normalized spacial score (nSPS) is 23.9. The number of ether oxygens (including phenoxy) is 1. The first kappa shape index (κ1) is 15.9. The Hall–Kier alpha value is -1.94. The van der Waals surface area contributed by atoms with Gasteiger partial charge in [-0.05, 0) is 19.3 Å². The van der Waals surface area contributed by atoms with Crippen LogP contribution in [0.2, 0.25) is 0 Å². The van der Waals surface area contributed by atoms with Crippen LogP contribution in [0.1, 0.15) is 57.8 Å². The zero-order valence-electron chi connectivity index (χ0n) is 13.9. The molecule has 1 aliphatic heterocycles. The minimum Gasteiger partial charge on any atom is -0.367 e. The predicted molar refractivity (Wildman–Crippen MR) is 82.3 cm³/mol. The molecule has 23 heavy (non-hydrogen) atoms. The van der Waals surface area contributed by atoms with E-state index in [4.69, 9.17) is 4.74 Å². The standard InChI is InChI=1S/C16H23N5O2/c1-15(2,3)13-18-12(19-20-13)11-9-21(7-8-23-11)14(22)16(10-17)5-4-6-16/h11H,4-9H2,1-3H3,(H,18,19,20). The van der Waals surface area contributed by atoms with Crippen LogP contribution >= 0.6 is 0 Å². The highest BCUT2D eigenvalue weighted by molar-refractivity contribution is 5.86. The van der Waals surface area contributed by atoms with E-state index in [-0.39, 0.29) is 17.4 Å². The van der Waals surface area contributed by atoms with Crippen LogP contribution in [-0.4, -0.2) is 45.7 Å². The van der Waals surface area contributed by atoms with E-state index >= 15 is 0 Å². The van der Waals surface area contributed by atoms with Crippen LogP contribution in [0.25, 0.3) is 0 Å². The molecule has 1 amide bonds. The third-order valence-electron chi connectivity index (χ3n) is 4.66. The SMILES string of the molecule is CC(C)(C)c1n[nH]c(C2CN(C(=O)C3(C#N)CCC3)CCO2)n1. The zero-order valence-corrected chi connectivity index (χ0v) is 13.9. The first-order valence-electron chi connectivity index (χ1n) is 8.11. The molecular formula is C16H23N5O2. The summed E-state index contributed by atoms with van der Waals surface area (Å²) < 4.78 is 5.76. The number of carbonyl (C=O) groups excluding carboxylic acids is 1. The van der Waals surface area contributed by atoms with Crippen LogP contribution in [0.3, 0.4) is 0 Å². The van der Waals surface area contributed by atoms with E-state index < -0.39 is 5.41 Å². The summed E-state index contributed by atoms with van der Waals surface area (Å²) in [5, 5.41) is 16.5. The van der Waals surface area contributed by atoms with Crippen LogP contribution in [0.4, 0.5) is 0 Å². The van der Waals surface area contributed by atoms with Gasteiger partial charge in [0.2, 0.25) is 5.91 Å². The van der Waals surface area contributed by atoms with Gasteiger partial charge in [0.15, 0.2) is 11.6 Å². The molecule has 7 nitrogen and oxygen atoms in total. The van der Waals surface area contributed by atoms with Crippen molar-refractivity contribution >= 4 is 5.91 Å². The molecule has 1 saturated carbocycles. The number of aromatic amines is 1. The fraction of sp³-hybridized carbons (Fsp3) is 0.750. The lowest BCUT2D eigenvalue weighted by Gasteiger charge is -2.40. The maximum atomic E-state index is 12.7. The second-order valence-electron chi connectivity index (χ2n) is 7.45. The number of amides is 1. The Morgan fingerprint density at radius 2 is 2.22 bits per heavy atom. The minimum absolute atomic E-state index is 0.0601. The molecule has 1 aromatic rings. The maximum absolute atomic E-state index is 12.7. The highest BCUT2D eigenvalue weighted by atomic mass is 16.5. The second kappa shape index (κ2) is 5.60. The van der Waals surface area contributed by atoms with Crippen molar-refractivity contribution in [3.05, 3.63) is 11.6 Å². The Balaban J connectivity index is 1.73. The molecule has 2 heterocycles. The molecule has 1 atom stereocenters. The van der Waals surface area contributed by atoms with Crippen molar-refractivity contribution in [1.82, 2.24) is 20.1 Å². The predicted octanol–water partition coefficient (Wildman–Crippen LogP) is 1.70. The van der Waals surface area contributed by atoms with Crippen LogP contribution in [0.5, 0.6) is 0 Å². The van der Waals surface area contributed by atoms with Crippen LogP contribution in [0.15, 0.2) is 0 Å². The lowest BCUT2D eigenvalue weighted by molar-refractivity contribution is -0.151. The molecule has 124 valence electrons. The van der Waals surface area contributed by atoms with Gasteiger partial charge in [0, 0.05) is 12.0 Å². The molecule has 0 aromatic carbocycles. The van der Waals surface area contributed by atoms with E-state index in [0.29, 0.717) is 38.4 Å². The molecule has 0 spiro atoms. The topological polar surface area (TPSA) is 94.9 Å². The molecule has 2 fully saturated rings. The summed E-state index contributed by atoms with van der Waals surface area (Å²) in [5.74, 6) is 1.31. The smallest absolute Gasteiger partial charge is 0.243 e. The number of nitriles is 1. The largest absolute Gasteiger partial charge is 0.367 e. The molecule has 3 rings (SSSR count). The molecule has 1 N–H and O–H groups in total. The summed E-state index contributed by atoms with van der Waals surface area (Å²) >= 11 is 0. The lowest BCUT2D eigenvalue weighted by atomic mass is 9.69. The van der Waals surface area contributed by atoms with E-state index in [1.54, 1.807) is 4.90 Å². The van der Waals surface area contributed by atoms with Gasteiger partial charge >= 0.3 is 0 Å². The van der Waals surface area contributed by atoms with Crippen molar-refractivity contribution in [1.29, 1.82) is 5.26 Å². The average molecular weight is 317 g/mol. The van der Waals surface area contributed by atoms with Crippen molar-refractivity contribution in [2.75, 3.05) is 19.7 Å². The summed E-state index contributed by atoms with van der Waals surface area (Å²) in [6, 6.07) is 2.22. The fourth-order valence-electron chi connectivity index (χ4n) is 2.96. The van der Waals surface area contributed by atoms with Crippen LogP contribution in [-0.2, 0) is 14.9 Å². The molecule has 1 aliphatic carbocycles. The van der Waals surface area contributed by atoms with Gasteiger partial charge in [-0.3, -0.25) is 9.89 Å². The number of carbonyl (C=O) groups is 1. The van der Waals surface area contributed by atoms with Gasteiger partial charge in [-0.15, -0.1) is 0 Å². The molecule has 7 heteroatoms. The molecule has 1 aromatic heterocycles. The van der Waals surface area contributed by atoms with Crippen LogP contribution in [0, 0.1) is 16.7 Å². The Labute approximate surface area is 136 Å². The number of hydrogen-bond acceptors (Lipinski definition) is 5. The molecule has 0 radical (unpaired) electrons. The number of morpholine rings is 1. The number of rotatable bonds is 2. The van der Waals surface area contributed by atoms with E-state index in [2.05, 4.69) is 21.3 Å². The molecule has 0 bridgehead atoms. The minimum atomic E-state index is -0.806. The van der Waals surface area contributed by atoms with Crippen molar-refractivity contribution in [2.45, 2.75) is 51.6 Å². The Kier molecular flexibility index (Phi) is 3.88. The summed E-state index contributed by atoms with van der Waals surface area (Å²) in [4.78, 5) is 18.9. The maximum Gasteiger partial charge on any atom is 0.243 e. The third kappa shape index (κ3) is 2.83.